The van der Waals surface area contributed by atoms with Gasteiger partial charge in [0, 0.05) is 6.07 Å². The molecule has 22 heavy (non-hydrogen) atoms. The Labute approximate surface area is 130 Å². The highest BCUT2D eigenvalue weighted by Gasteiger charge is 2.21. The summed E-state index contributed by atoms with van der Waals surface area (Å²) >= 11 is 5.63. The van der Waals surface area contributed by atoms with Crippen LogP contribution in [0.1, 0.15) is 5.56 Å². The number of anilines is 1. The van der Waals surface area contributed by atoms with Gasteiger partial charge in [-0.25, -0.2) is 12.8 Å². The van der Waals surface area contributed by atoms with E-state index in [0.717, 1.165) is 24.3 Å². The number of nitrogens with zero attached hydrogens (tertiary/aromatic N) is 1. The van der Waals surface area contributed by atoms with Gasteiger partial charge in [-0.05, 0) is 36.8 Å². The van der Waals surface area contributed by atoms with Gasteiger partial charge in [0.15, 0.2) is 0 Å². The van der Waals surface area contributed by atoms with Crippen LogP contribution in [0.5, 0.6) is 0 Å². The number of halogens is 2. The summed E-state index contributed by atoms with van der Waals surface area (Å²) in [6.45, 7) is 1.67. The maximum absolute atomic E-state index is 13.6. The average molecular weight is 345 g/mol. The molecule has 0 aliphatic carbocycles. The van der Waals surface area contributed by atoms with Gasteiger partial charge >= 0.3 is 0 Å². The van der Waals surface area contributed by atoms with E-state index in [1.165, 1.54) is 12.1 Å². The fourth-order valence-corrected chi connectivity index (χ4v) is 2.98. The zero-order valence-corrected chi connectivity index (χ0v) is 12.8. The molecule has 2 aromatic carbocycles. The third kappa shape index (κ3) is 3.34. The van der Waals surface area contributed by atoms with Gasteiger partial charge in [0.05, 0.1) is 15.5 Å². The van der Waals surface area contributed by atoms with E-state index >= 15 is 0 Å². The smallest absolute Gasteiger partial charge is 0.277 e. The number of rotatable bonds is 4. The van der Waals surface area contributed by atoms with Crippen molar-refractivity contribution in [3.05, 3.63) is 62.9 Å². The first-order chi connectivity index (χ1) is 10.2. The van der Waals surface area contributed by atoms with E-state index in [0.29, 0.717) is 5.56 Å². The van der Waals surface area contributed by atoms with E-state index in [4.69, 9.17) is 11.6 Å². The molecule has 6 nitrogen and oxygen atoms in total. The van der Waals surface area contributed by atoms with E-state index in [-0.39, 0.29) is 15.6 Å². The van der Waals surface area contributed by atoms with Crippen LogP contribution in [0.3, 0.4) is 0 Å². The molecular weight excluding hydrogens is 335 g/mol. The van der Waals surface area contributed by atoms with Gasteiger partial charge in [0.25, 0.3) is 15.7 Å². The van der Waals surface area contributed by atoms with Crippen molar-refractivity contribution in [3.63, 3.8) is 0 Å². The van der Waals surface area contributed by atoms with Crippen molar-refractivity contribution in [2.24, 2.45) is 0 Å². The second kappa shape index (κ2) is 5.90. The van der Waals surface area contributed by atoms with Crippen molar-refractivity contribution in [1.82, 2.24) is 0 Å². The van der Waals surface area contributed by atoms with E-state index < -0.39 is 26.5 Å². The van der Waals surface area contributed by atoms with Gasteiger partial charge in [0.2, 0.25) is 0 Å². The van der Waals surface area contributed by atoms with Crippen molar-refractivity contribution >= 4 is 33.0 Å². The highest BCUT2D eigenvalue weighted by atomic mass is 35.5. The predicted octanol–water partition coefficient (Wildman–Crippen LogP) is 3.50. The third-order valence-corrected chi connectivity index (χ3v) is 4.47. The number of nitro benzene ring substituents is 1. The number of hydrogen-bond donors (Lipinski definition) is 1. The minimum atomic E-state index is -4.18. The quantitative estimate of drug-likeness (QED) is 0.679. The summed E-state index contributed by atoms with van der Waals surface area (Å²) in [5.41, 5.74) is -0.131. The topological polar surface area (TPSA) is 89.3 Å². The van der Waals surface area contributed by atoms with E-state index in [9.17, 15) is 22.9 Å². The Morgan fingerprint density at radius 3 is 2.55 bits per heavy atom. The van der Waals surface area contributed by atoms with Crippen LogP contribution in [0.15, 0.2) is 41.3 Å². The van der Waals surface area contributed by atoms with E-state index in [2.05, 4.69) is 4.72 Å². The molecule has 0 aromatic heterocycles. The second-order valence-corrected chi connectivity index (χ2v) is 6.55. The molecule has 1 N–H and O–H groups in total. The molecule has 0 aliphatic heterocycles. The first-order valence-corrected chi connectivity index (χ1v) is 7.80. The predicted molar refractivity (Wildman–Crippen MR) is 80.1 cm³/mol. The molecule has 0 saturated heterocycles. The van der Waals surface area contributed by atoms with Crippen LogP contribution in [-0.4, -0.2) is 13.3 Å². The normalized spacial score (nSPS) is 11.2. The van der Waals surface area contributed by atoms with Gasteiger partial charge in [-0.3, -0.25) is 14.8 Å². The monoisotopic (exact) mass is 344 g/mol. The number of sulfonamides is 1. The zero-order valence-electron chi connectivity index (χ0n) is 11.2. The van der Waals surface area contributed by atoms with Crippen molar-refractivity contribution in [2.45, 2.75) is 11.8 Å². The van der Waals surface area contributed by atoms with E-state index in [1.54, 1.807) is 6.92 Å². The number of benzene rings is 2. The largest absolute Gasteiger partial charge is 0.289 e. The second-order valence-electron chi connectivity index (χ2n) is 4.46. The Morgan fingerprint density at radius 1 is 1.23 bits per heavy atom. The van der Waals surface area contributed by atoms with Crippen molar-refractivity contribution < 1.29 is 17.7 Å². The molecule has 0 bridgehead atoms. The fourth-order valence-electron chi connectivity index (χ4n) is 1.72. The highest BCUT2D eigenvalue weighted by molar-refractivity contribution is 7.92. The molecule has 0 atom stereocenters. The molecule has 0 heterocycles. The Morgan fingerprint density at radius 2 is 1.91 bits per heavy atom. The van der Waals surface area contributed by atoms with Gasteiger partial charge < -0.3 is 0 Å². The molecule has 0 spiro atoms. The molecule has 0 aliphatic rings. The maximum atomic E-state index is 13.6. The van der Waals surface area contributed by atoms with Gasteiger partial charge in [-0.1, -0.05) is 17.7 Å². The minimum absolute atomic E-state index is 0.189. The molecule has 9 heteroatoms. The summed E-state index contributed by atoms with van der Waals surface area (Å²) in [6, 6.07) is 6.94. The van der Waals surface area contributed by atoms with Crippen LogP contribution in [0.4, 0.5) is 15.8 Å². The van der Waals surface area contributed by atoms with Crippen LogP contribution in [0, 0.1) is 22.9 Å². The molecule has 0 fully saturated rings. The van der Waals surface area contributed by atoms with Gasteiger partial charge in [-0.2, -0.15) is 0 Å². The lowest BCUT2D eigenvalue weighted by Crippen LogP contribution is -2.14. The van der Waals surface area contributed by atoms with Crippen LogP contribution in [0.2, 0.25) is 5.02 Å². The number of nitro groups is 1. The SMILES string of the molecule is Cc1ccc(F)c(NS(=O)(=O)c2ccc(Cl)c([N+](=O)[O-])c2)c1. The molecular formula is C13H10ClFN2O4S. The number of nitrogens with one attached hydrogen (secondary N) is 1. The van der Waals surface area contributed by atoms with Crippen LogP contribution >= 0.6 is 11.6 Å². The fraction of sp³-hybridized carbons (Fsp3) is 0.0769. The molecule has 0 unspecified atom stereocenters. The lowest BCUT2D eigenvalue weighted by atomic mass is 10.2. The summed E-state index contributed by atoms with van der Waals surface area (Å²) in [5, 5.41) is 10.6. The lowest BCUT2D eigenvalue weighted by Gasteiger charge is -2.10. The summed E-state index contributed by atoms with van der Waals surface area (Å²) in [4.78, 5) is 9.62. The Kier molecular flexibility index (Phi) is 4.34. The van der Waals surface area contributed by atoms with Crippen LogP contribution in [-0.2, 0) is 10.0 Å². The summed E-state index contributed by atoms with van der Waals surface area (Å²) in [7, 11) is -4.18. The number of aryl methyl sites for hydroxylation is 1. The Hall–Kier alpha value is -2.19. The minimum Gasteiger partial charge on any atom is -0.277 e. The lowest BCUT2D eigenvalue weighted by molar-refractivity contribution is -0.384. The van der Waals surface area contributed by atoms with Gasteiger partial charge in [-0.15, -0.1) is 0 Å². The van der Waals surface area contributed by atoms with Gasteiger partial charge in [0.1, 0.15) is 10.8 Å². The highest BCUT2D eigenvalue weighted by Crippen LogP contribution is 2.28. The zero-order chi connectivity index (χ0) is 16.5. The van der Waals surface area contributed by atoms with Crippen molar-refractivity contribution in [2.75, 3.05) is 4.72 Å². The summed E-state index contributed by atoms with van der Waals surface area (Å²) < 4.78 is 40.1. The molecule has 116 valence electrons. The summed E-state index contributed by atoms with van der Waals surface area (Å²) in [5.74, 6) is -0.752. The van der Waals surface area contributed by atoms with Crippen molar-refractivity contribution in [3.8, 4) is 0 Å². The Bertz CT molecular complexity index is 855. The van der Waals surface area contributed by atoms with E-state index in [1.807, 2.05) is 0 Å². The maximum Gasteiger partial charge on any atom is 0.289 e. The molecule has 2 rings (SSSR count). The molecule has 2 aromatic rings. The van der Waals surface area contributed by atoms with Crippen molar-refractivity contribution in [1.29, 1.82) is 0 Å². The standard InChI is InChI=1S/C13H10ClFN2O4S/c1-8-2-5-11(15)12(6-8)16-22(20,21)9-3-4-10(14)13(7-9)17(18)19/h2-7,16H,1H3. The van der Waals surface area contributed by atoms with Crippen LogP contribution < -0.4 is 4.72 Å². The summed E-state index contributed by atoms with van der Waals surface area (Å²) in [6.07, 6.45) is 0. The molecule has 0 radical (unpaired) electrons. The third-order valence-electron chi connectivity index (χ3n) is 2.79. The first kappa shape index (κ1) is 16.2. The average Bonchev–Trinajstić information content (AvgIpc) is 2.42. The van der Waals surface area contributed by atoms with Crippen LogP contribution in [0.25, 0.3) is 0 Å². The Balaban J connectivity index is 2.45. The molecule has 0 saturated carbocycles. The molecule has 0 amide bonds. The number of hydrogen-bond acceptors (Lipinski definition) is 4. The first-order valence-electron chi connectivity index (χ1n) is 5.93.